The SMILES string of the molecule is C=C(C)C(=O)OCCN(C)S(=O)(=O)C(F)(F)C(F)(F)C(F)(F)C(F)(F)C(F)(F)F. The third kappa shape index (κ3) is 4.44. The van der Waals surface area contributed by atoms with Crippen LogP contribution in [0, 0.1) is 0 Å². The molecule has 0 unspecified atom stereocenters. The molecule has 0 N–H and O–H groups in total. The van der Waals surface area contributed by atoms with E-state index in [1.54, 1.807) is 0 Å². The highest BCUT2D eigenvalue weighted by atomic mass is 32.2. The van der Waals surface area contributed by atoms with Crippen molar-refractivity contribution >= 4 is 16.0 Å². The monoisotopic (exact) mass is 475 g/mol. The third-order valence-corrected chi connectivity index (χ3v) is 5.14. The van der Waals surface area contributed by atoms with E-state index in [1.807, 2.05) is 0 Å². The van der Waals surface area contributed by atoms with Crippen molar-refractivity contribution in [2.45, 2.75) is 36.1 Å². The number of esters is 1. The van der Waals surface area contributed by atoms with Gasteiger partial charge in [-0.15, -0.1) is 0 Å². The highest BCUT2D eigenvalue weighted by Gasteiger charge is 2.89. The molecule has 172 valence electrons. The van der Waals surface area contributed by atoms with E-state index in [1.165, 1.54) is 0 Å². The molecule has 0 bridgehead atoms. The zero-order valence-electron chi connectivity index (χ0n) is 14.3. The molecular formula is C12H12F11NO4S. The fourth-order valence-electron chi connectivity index (χ4n) is 1.43. The van der Waals surface area contributed by atoms with Crippen LogP contribution in [0.5, 0.6) is 0 Å². The Labute approximate surface area is 156 Å². The molecule has 0 spiro atoms. The van der Waals surface area contributed by atoms with E-state index < -0.39 is 62.6 Å². The number of rotatable bonds is 9. The Hall–Kier alpha value is -1.65. The first kappa shape index (κ1) is 27.4. The Kier molecular flexibility index (Phi) is 7.43. The van der Waals surface area contributed by atoms with Crippen molar-refractivity contribution in [2.24, 2.45) is 0 Å². The Bertz CT molecular complexity index is 745. The molecule has 0 heterocycles. The topological polar surface area (TPSA) is 63.7 Å². The second-order valence-corrected chi connectivity index (χ2v) is 7.57. The summed E-state index contributed by atoms with van der Waals surface area (Å²) in [4.78, 5) is 11.0. The zero-order valence-corrected chi connectivity index (χ0v) is 15.1. The Morgan fingerprint density at radius 2 is 1.31 bits per heavy atom. The first-order valence-corrected chi connectivity index (χ1v) is 8.30. The quantitative estimate of drug-likeness (QED) is 0.291. The number of hydrogen-bond donors (Lipinski definition) is 0. The maximum Gasteiger partial charge on any atom is 0.460 e. The van der Waals surface area contributed by atoms with E-state index >= 15 is 0 Å². The minimum absolute atomic E-state index is 0.0774. The molecule has 0 radical (unpaired) electrons. The van der Waals surface area contributed by atoms with Gasteiger partial charge in [-0.3, -0.25) is 0 Å². The summed E-state index contributed by atoms with van der Waals surface area (Å²) in [7, 11) is -6.87. The highest BCUT2D eigenvalue weighted by molar-refractivity contribution is 7.90. The van der Waals surface area contributed by atoms with Gasteiger partial charge in [0.1, 0.15) is 6.61 Å². The molecule has 0 saturated heterocycles. The van der Waals surface area contributed by atoms with Gasteiger partial charge < -0.3 is 4.74 Å². The van der Waals surface area contributed by atoms with E-state index in [9.17, 15) is 61.5 Å². The largest absolute Gasteiger partial charge is 0.461 e. The van der Waals surface area contributed by atoms with Gasteiger partial charge in [-0.2, -0.15) is 52.6 Å². The number of sulfonamides is 1. The molecule has 17 heteroatoms. The molecule has 0 fully saturated rings. The van der Waals surface area contributed by atoms with Crippen LogP contribution in [0.4, 0.5) is 48.3 Å². The van der Waals surface area contributed by atoms with E-state index in [0.717, 1.165) is 6.92 Å². The van der Waals surface area contributed by atoms with Crippen LogP contribution >= 0.6 is 0 Å². The Balaban J connectivity index is 5.93. The van der Waals surface area contributed by atoms with Crippen LogP contribution < -0.4 is 0 Å². The molecule has 0 saturated carbocycles. The summed E-state index contributed by atoms with van der Waals surface area (Å²) in [6.07, 6.45) is -7.41. The Morgan fingerprint density at radius 3 is 1.66 bits per heavy atom. The van der Waals surface area contributed by atoms with Crippen LogP contribution in [-0.2, 0) is 19.6 Å². The number of carbonyl (C=O) groups excluding carboxylic acids is 1. The molecule has 0 aliphatic rings. The maximum absolute atomic E-state index is 13.7. The molecule has 0 aliphatic heterocycles. The summed E-state index contributed by atoms with van der Waals surface area (Å²) in [6.45, 7) is 1.70. The summed E-state index contributed by atoms with van der Waals surface area (Å²) in [6, 6.07) is 0. The number of carbonyl (C=O) groups is 1. The molecule has 0 aromatic heterocycles. The van der Waals surface area contributed by atoms with E-state index in [4.69, 9.17) is 0 Å². The average molecular weight is 475 g/mol. The summed E-state index contributed by atoms with van der Waals surface area (Å²) >= 11 is 0. The van der Waals surface area contributed by atoms with Crippen molar-refractivity contribution in [3.05, 3.63) is 12.2 Å². The third-order valence-electron chi connectivity index (χ3n) is 3.23. The first-order chi connectivity index (χ1) is 12.5. The van der Waals surface area contributed by atoms with Gasteiger partial charge in [0.15, 0.2) is 0 Å². The van der Waals surface area contributed by atoms with Gasteiger partial charge in [0.05, 0.1) is 0 Å². The Morgan fingerprint density at radius 1 is 0.897 bits per heavy atom. The second-order valence-electron chi connectivity index (χ2n) is 5.48. The molecule has 0 aliphatic carbocycles. The molecule has 0 amide bonds. The van der Waals surface area contributed by atoms with Crippen molar-refractivity contribution in [1.82, 2.24) is 4.31 Å². The molecule has 0 aromatic rings. The van der Waals surface area contributed by atoms with Crippen LogP contribution in [-0.4, -0.2) is 68.1 Å². The lowest BCUT2D eigenvalue weighted by Gasteiger charge is -2.37. The van der Waals surface area contributed by atoms with Crippen LogP contribution in [0.2, 0.25) is 0 Å². The minimum Gasteiger partial charge on any atom is -0.461 e. The number of hydrogen-bond acceptors (Lipinski definition) is 4. The number of nitrogens with zero attached hydrogens (tertiary/aromatic N) is 1. The molecule has 5 nitrogen and oxygen atoms in total. The smallest absolute Gasteiger partial charge is 0.460 e. The van der Waals surface area contributed by atoms with Gasteiger partial charge >= 0.3 is 35.2 Å². The summed E-state index contributed by atoms with van der Waals surface area (Å²) in [5.74, 6) is -24.5. The highest BCUT2D eigenvalue weighted by Crippen LogP contribution is 2.58. The zero-order chi connectivity index (χ0) is 23.9. The van der Waals surface area contributed by atoms with Crippen molar-refractivity contribution in [3.8, 4) is 0 Å². The number of likely N-dealkylation sites (N-methyl/N-ethyl adjacent to an activating group) is 1. The van der Waals surface area contributed by atoms with E-state index in [2.05, 4.69) is 11.3 Å². The predicted molar refractivity (Wildman–Crippen MR) is 73.2 cm³/mol. The summed E-state index contributed by atoms with van der Waals surface area (Å²) < 4.78 is 168. The van der Waals surface area contributed by atoms with Crippen molar-refractivity contribution < 1.29 is 66.2 Å². The molecular weight excluding hydrogens is 463 g/mol. The van der Waals surface area contributed by atoms with Gasteiger partial charge in [0.2, 0.25) is 0 Å². The fraction of sp³-hybridized carbons (Fsp3) is 0.750. The maximum atomic E-state index is 13.7. The van der Waals surface area contributed by atoms with Crippen LogP contribution in [0.15, 0.2) is 12.2 Å². The lowest BCUT2D eigenvalue weighted by atomic mass is 10.0. The van der Waals surface area contributed by atoms with Crippen LogP contribution in [0.1, 0.15) is 6.92 Å². The normalized spacial score (nSPS) is 14.8. The van der Waals surface area contributed by atoms with Crippen LogP contribution in [0.3, 0.4) is 0 Å². The molecule has 0 aromatic carbocycles. The molecule has 0 rings (SSSR count). The van der Waals surface area contributed by atoms with Crippen molar-refractivity contribution in [2.75, 3.05) is 20.2 Å². The van der Waals surface area contributed by atoms with E-state index in [-0.39, 0.29) is 12.6 Å². The second kappa shape index (κ2) is 7.88. The van der Waals surface area contributed by atoms with Gasteiger partial charge in [-0.25, -0.2) is 13.2 Å². The van der Waals surface area contributed by atoms with E-state index in [0.29, 0.717) is 0 Å². The van der Waals surface area contributed by atoms with Crippen LogP contribution in [0.25, 0.3) is 0 Å². The minimum atomic E-state index is -7.86. The molecule has 0 atom stereocenters. The standard InChI is InChI=1S/C12H12F11NO4S/c1-6(2)7(25)28-5-4-24(3)29(26,27)12(22,23)10(17,18)8(13,14)9(15,16)11(19,20)21/h1,4-5H2,2-3H3. The predicted octanol–water partition coefficient (Wildman–Crippen LogP) is 3.43. The van der Waals surface area contributed by atoms with Gasteiger partial charge in [-0.1, -0.05) is 6.58 Å². The van der Waals surface area contributed by atoms with Gasteiger partial charge in [-0.05, 0) is 6.92 Å². The summed E-state index contributed by atoms with van der Waals surface area (Å²) in [5, 5.41) is -7.12. The lowest BCUT2D eigenvalue weighted by Crippen LogP contribution is -2.69. The van der Waals surface area contributed by atoms with Gasteiger partial charge in [0.25, 0.3) is 10.0 Å². The van der Waals surface area contributed by atoms with Crippen molar-refractivity contribution in [1.29, 1.82) is 0 Å². The fourth-order valence-corrected chi connectivity index (χ4v) is 2.58. The van der Waals surface area contributed by atoms with Gasteiger partial charge in [0, 0.05) is 19.2 Å². The number of alkyl halides is 11. The lowest BCUT2D eigenvalue weighted by molar-refractivity contribution is -0.413. The summed E-state index contributed by atoms with van der Waals surface area (Å²) in [5.41, 5.74) is -0.263. The van der Waals surface area contributed by atoms with Crippen molar-refractivity contribution in [3.63, 3.8) is 0 Å². The average Bonchev–Trinajstić information content (AvgIpc) is 2.52. The number of halogens is 11. The number of ether oxygens (including phenoxy) is 1. The molecule has 29 heavy (non-hydrogen) atoms. The first-order valence-electron chi connectivity index (χ1n) is 6.86.